The van der Waals surface area contributed by atoms with Crippen molar-refractivity contribution in [3.05, 3.63) is 29.9 Å². The third-order valence-electron chi connectivity index (χ3n) is 3.12. The summed E-state index contributed by atoms with van der Waals surface area (Å²) >= 11 is 0. The molecule has 0 aliphatic heterocycles. The molecule has 0 bridgehead atoms. The molecule has 1 saturated carbocycles. The van der Waals surface area contributed by atoms with Crippen molar-refractivity contribution in [2.75, 3.05) is 6.54 Å². The zero-order valence-corrected chi connectivity index (χ0v) is 10.1. The van der Waals surface area contributed by atoms with Crippen LogP contribution in [0.25, 0.3) is 0 Å². The van der Waals surface area contributed by atoms with Crippen LogP contribution >= 0.6 is 0 Å². The molecule has 98 valence electrons. The fourth-order valence-corrected chi connectivity index (χ4v) is 1.74. The van der Waals surface area contributed by atoms with Crippen LogP contribution in [0.5, 0.6) is 0 Å². The van der Waals surface area contributed by atoms with Gasteiger partial charge in [-0.05, 0) is 24.8 Å². The van der Waals surface area contributed by atoms with Crippen molar-refractivity contribution in [3.8, 4) is 0 Å². The summed E-state index contributed by atoms with van der Waals surface area (Å²) in [5.74, 6) is -0.121. The van der Waals surface area contributed by atoms with Crippen LogP contribution in [0.15, 0.2) is 24.3 Å². The van der Waals surface area contributed by atoms with E-state index in [9.17, 15) is 9.18 Å². The summed E-state index contributed by atoms with van der Waals surface area (Å²) in [5.41, 5.74) is 6.29. The van der Waals surface area contributed by atoms with E-state index in [1.165, 1.54) is 17.3 Å². The summed E-state index contributed by atoms with van der Waals surface area (Å²) < 4.78 is 13.9. The van der Waals surface area contributed by atoms with Gasteiger partial charge in [-0.1, -0.05) is 0 Å². The summed E-state index contributed by atoms with van der Waals surface area (Å²) in [6, 6.07) is 0.297. The zero-order chi connectivity index (χ0) is 13.0. The van der Waals surface area contributed by atoms with Gasteiger partial charge in [-0.15, -0.1) is 0 Å². The Bertz CT molecular complexity index is 451. The van der Waals surface area contributed by atoms with E-state index < -0.39 is 0 Å². The van der Waals surface area contributed by atoms with Crippen molar-refractivity contribution in [1.82, 2.24) is 15.1 Å². The molecule has 0 unspecified atom stereocenters. The fraction of sp³-hybridized carbons (Fsp3) is 0.500. The van der Waals surface area contributed by atoms with Gasteiger partial charge in [-0.2, -0.15) is 5.10 Å². The van der Waals surface area contributed by atoms with Gasteiger partial charge >= 0.3 is 0 Å². The lowest BCUT2D eigenvalue weighted by Crippen LogP contribution is -2.39. The lowest BCUT2D eigenvalue weighted by molar-refractivity contribution is 0.0917. The summed E-state index contributed by atoms with van der Waals surface area (Å²) in [4.78, 5) is 11.8. The van der Waals surface area contributed by atoms with Crippen LogP contribution in [0.2, 0.25) is 0 Å². The number of nitrogens with one attached hydrogen (secondary N) is 1. The Morgan fingerprint density at radius 1 is 1.67 bits per heavy atom. The molecule has 3 N–H and O–H groups in total. The van der Waals surface area contributed by atoms with E-state index in [1.807, 2.05) is 0 Å². The summed E-state index contributed by atoms with van der Waals surface area (Å²) in [5, 5.41) is 6.94. The number of hydrogen-bond acceptors (Lipinski definition) is 3. The van der Waals surface area contributed by atoms with Crippen LogP contribution in [0.4, 0.5) is 4.39 Å². The van der Waals surface area contributed by atoms with Gasteiger partial charge in [-0.25, -0.2) is 4.39 Å². The predicted molar refractivity (Wildman–Crippen MR) is 65.6 cm³/mol. The largest absolute Gasteiger partial charge is 0.349 e. The predicted octanol–water partition coefficient (Wildman–Crippen LogP) is 0.977. The minimum Gasteiger partial charge on any atom is -0.349 e. The number of hydrogen-bond donors (Lipinski definition) is 2. The molecule has 1 fully saturated rings. The molecule has 0 aromatic carbocycles. The van der Waals surface area contributed by atoms with Crippen molar-refractivity contribution >= 4 is 5.91 Å². The highest BCUT2D eigenvalue weighted by molar-refractivity contribution is 5.93. The highest BCUT2D eigenvalue weighted by atomic mass is 19.1. The van der Waals surface area contributed by atoms with E-state index in [0.717, 1.165) is 12.8 Å². The highest BCUT2D eigenvalue weighted by Crippen LogP contribution is 2.18. The number of carbonyl (C=O) groups excluding carboxylic acids is 1. The van der Waals surface area contributed by atoms with Gasteiger partial charge in [0.05, 0.1) is 24.6 Å². The lowest BCUT2D eigenvalue weighted by atomic mass is 9.93. The van der Waals surface area contributed by atoms with E-state index in [-0.39, 0.29) is 19.0 Å². The smallest absolute Gasteiger partial charge is 0.254 e. The molecular weight excluding hydrogens is 235 g/mol. The van der Waals surface area contributed by atoms with E-state index >= 15 is 0 Å². The van der Waals surface area contributed by atoms with Crippen molar-refractivity contribution in [1.29, 1.82) is 0 Å². The van der Waals surface area contributed by atoms with E-state index in [1.54, 1.807) is 6.20 Å². The average Bonchev–Trinajstić information content (AvgIpc) is 2.79. The summed E-state index contributed by atoms with van der Waals surface area (Å²) in [6.45, 7) is 0.406. The second-order valence-corrected chi connectivity index (χ2v) is 4.50. The maximum atomic E-state index is 12.4. The lowest BCUT2D eigenvalue weighted by Gasteiger charge is -2.25. The SMILES string of the molecule is NC/C(=C\F)Cn1cc(C(=O)NC2CCC2)cn1. The van der Waals surface area contributed by atoms with E-state index in [4.69, 9.17) is 5.73 Å². The molecule has 1 aromatic heterocycles. The van der Waals surface area contributed by atoms with Crippen LogP contribution in [-0.2, 0) is 6.54 Å². The Labute approximate surface area is 105 Å². The van der Waals surface area contributed by atoms with Crippen molar-refractivity contribution < 1.29 is 9.18 Å². The van der Waals surface area contributed by atoms with Gasteiger partial charge < -0.3 is 11.1 Å². The molecule has 2 rings (SSSR count). The van der Waals surface area contributed by atoms with Gasteiger partial charge in [0, 0.05) is 18.8 Å². The molecule has 0 saturated heterocycles. The number of rotatable bonds is 5. The van der Waals surface area contributed by atoms with Crippen LogP contribution in [0.1, 0.15) is 29.6 Å². The molecule has 1 aliphatic rings. The molecule has 1 heterocycles. The fourth-order valence-electron chi connectivity index (χ4n) is 1.74. The second kappa shape index (κ2) is 5.77. The molecule has 1 aliphatic carbocycles. The Morgan fingerprint density at radius 2 is 2.44 bits per heavy atom. The first-order chi connectivity index (χ1) is 8.72. The standard InChI is InChI=1S/C12H17FN4O/c13-4-9(5-14)7-17-8-10(6-15-17)12(18)16-11-2-1-3-11/h4,6,8,11H,1-3,5,7,14H2,(H,16,18)/b9-4+. The maximum Gasteiger partial charge on any atom is 0.254 e. The van der Waals surface area contributed by atoms with Crippen LogP contribution in [0.3, 0.4) is 0 Å². The summed E-state index contributed by atoms with van der Waals surface area (Å²) in [6.07, 6.45) is 6.83. The first-order valence-electron chi connectivity index (χ1n) is 6.04. The third kappa shape index (κ3) is 2.95. The quantitative estimate of drug-likeness (QED) is 0.820. The normalized spacial score (nSPS) is 16.4. The number of halogens is 1. The third-order valence-corrected chi connectivity index (χ3v) is 3.12. The van der Waals surface area contributed by atoms with Crippen molar-refractivity contribution in [3.63, 3.8) is 0 Å². The topological polar surface area (TPSA) is 72.9 Å². The van der Waals surface area contributed by atoms with Gasteiger partial charge in [0.1, 0.15) is 0 Å². The van der Waals surface area contributed by atoms with Crippen LogP contribution in [-0.4, -0.2) is 28.3 Å². The Hall–Kier alpha value is -1.69. The van der Waals surface area contributed by atoms with Gasteiger partial charge in [0.15, 0.2) is 0 Å². The molecule has 0 spiro atoms. The molecule has 0 radical (unpaired) electrons. The molecule has 18 heavy (non-hydrogen) atoms. The average molecular weight is 252 g/mol. The molecular formula is C12H17FN4O. The van der Waals surface area contributed by atoms with Gasteiger partial charge in [0.25, 0.3) is 5.91 Å². The Balaban J connectivity index is 1.94. The molecule has 5 nitrogen and oxygen atoms in total. The number of nitrogens with two attached hydrogens (primary N) is 1. The summed E-state index contributed by atoms with van der Waals surface area (Å²) in [7, 11) is 0. The second-order valence-electron chi connectivity index (χ2n) is 4.50. The van der Waals surface area contributed by atoms with E-state index in [0.29, 0.717) is 23.5 Å². The maximum absolute atomic E-state index is 12.4. The minimum absolute atomic E-state index is 0.121. The molecule has 1 aromatic rings. The molecule has 6 heteroatoms. The zero-order valence-electron chi connectivity index (χ0n) is 10.1. The van der Waals surface area contributed by atoms with Crippen molar-refractivity contribution in [2.24, 2.45) is 5.73 Å². The van der Waals surface area contributed by atoms with Crippen molar-refractivity contribution in [2.45, 2.75) is 31.8 Å². The first kappa shape index (κ1) is 12.8. The molecule has 0 atom stereocenters. The van der Waals surface area contributed by atoms with Crippen LogP contribution in [0, 0.1) is 0 Å². The van der Waals surface area contributed by atoms with Crippen LogP contribution < -0.4 is 11.1 Å². The Morgan fingerprint density at radius 3 is 3.00 bits per heavy atom. The number of carbonyl (C=O) groups is 1. The first-order valence-corrected chi connectivity index (χ1v) is 6.04. The van der Waals surface area contributed by atoms with Gasteiger partial charge in [-0.3, -0.25) is 9.48 Å². The minimum atomic E-state index is -0.121. The van der Waals surface area contributed by atoms with Gasteiger partial charge in [0.2, 0.25) is 0 Å². The number of aromatic nitrogens is 2. The highest BCUT2D eigenvalue weighted by Gasteiger charge is 2.20. The monoisotopic (exact) mass is 252 g/mol. The number of nitrogens with zero attached hydrogens (tertiary/aromatic N) is 2. The van der Waals surface area contributed by atoms with E-state index in [2.05, 4.69) is 10.4 Å². The molecule has 1 amide bonds. The Kier molecular flexibility index (Phi) is 4.09. The number of amides is 1.